The first kappa shape index (κ1) is 38.8. The number of benzene rings is 5. The number of halogens is 23. The minimum absolute atomic E-state index is 2.64. The average Bonchev–Trinajstić information content (AvgIpc) is 3.54. The Morgan fingerprint density at radius 2 is 0.411 bits per heavy atom. The maximum Gasteiger partial charge on any atom is 0.302 e. The van der Waals surface area contributed by atoms with Gasteiger partial charge in [-0.05, 0) is 10.9 Å². The van der Waals surface area contributed by atoms with E-state index >= 15 is 61.5 Å². The number of fused-ring (bicyclic) bond motifs is 6. The summed E-state index contributed by atoms with van der Waals surface area (Å²) in [6.45, 7) is -4.73. The van der Waals surface area contributed by atoms with Crippen molar-refractivity contribution in [2.24, 2.45) is 0 Å². The van der Waals surface area contributed by atoms with Gasteiger partial charge in [-0.25, -0.2) is 83.4 Å². The summed E-state index contributed by atoms with van der Waals surface area (Å²) in [5.41, 5.74) is -32.6. The zero-order valence-electron chi connectivity index (χ0n) is 25.3. The Kier molecular flexibility index (Phi) is 8.17. The Morgan fingerprint density at radius 3 is 0.714 bits per heavy atom. The number of hydrogen-bond donors (Lipinski definition) is 0. The first-order chi connectivity index (χ1) is 25.8. The van der Waals surface area contributed by atoms with E-state index in [4.69, 9.17) is 0 Å². The molecule has 0 radical (unpaired) electrons. The molecule has 0 unspecified atom stereocenters. The fourth-order valence-corrected chi connectivity index (χ4v) is 6.90. The molecule has 0 heterocycles. The van der Waals surface area contributed by atoms with Gasteiger partial charge in [0.25, 0.3) is 6.71 Å². The summed E-state index contributed by atoms with van der Waals surface area (Å²) in [7, 11) is 0. The molecular weight excluding hydrogens is 832 g/mol. The predicted molar refractivity (Wildman–Crippen MR) is 140 cm³/mol. The Balaban J connectivity index is 1.80. The van der Waals surface area contributed by atoms with Crippen molar-refractivity contribution in [1.82, 2.24) is 0 Å². The second-order valence-electron chi connectivity index (χ2n) is 11.8. The van der Waals surface area contributed by atoms with Crippen LogP contribution in [0.3, 0.4) is 0 Å². The third-order valence-electron chi connectivity index (χ3n) is 9.12. The molecule has 0 saturated heterocycles. The van der Waals surface area contributed by atoms with Crippen LogP contribution >= 0.6 is 0 Å². The second kappa shape index (κ2) is 11.8. The normalized spacial score (nSPS) is 14.6. The van der Waals surface area contributed by atoms with E-state index in [1.807, 2.05) is 0 Å². The molecule has 2 aliphatic carbocycles. The van der Waals surface area contributed by atoms with Crippen LogP contribution in [0.1, 0.15) is 22.3 Å². The van der Waals surface area contributed by atoms with E-state index in [2.05, 4.69) is 0 Å². The van der Waals surface area contributed by atoms with Crippen LogP contribution < -0.4 is 16.4 Å². The molecule has 2 aliphatic rings. The highest BCUT2D eigenvalue weighted by atomic mass is 19.3. The summed E-state index contributed by atoms with van der Waals surface area (Å²) < 4.78 is 350. The van der Waals surface area contributed by atoms with Crippen molar-refractivity contribution >= 4 is 23.1 Å². The second-order valence-corrected chi connectivity index (χ2v) is 11.8. The lowest BCUT2D eigenvalue weighted by Gasteiger charge is -2.27. The van der Waals surface area contributed by atoms with Gasteiger partial charge in [-0.1, -0.05) is 0 Å². The van der Waals surface area contributed by atoms with Gasteiger partial charge in [0, 0.05) is 38.8 Å². The van der Waals surface area contributed by atoms with Gasteiger partial charge < -0.3 is 0 Å². The zero-order valence-corrected chi connectivity index (χ0v) is 25.3. The maximum atomic E-state index is 16.2. The molecular formula is C32BF23. The van der Waals surface area contributed by atoms with Crippen LogP contribution in [0.25, 0.3) is 22.3 Å². The molecule has 56 heavy (non-hydrogen) atoms. The standard InChI is InChI=1S/C32BF23/c34-12-1-3-7(16(38)26(48)24(46)14(3)36)31(53,54)5(1)9(18(40)22(12)44)33(11-20(42)28(50)30(52)29(51)21(11)43)10-6-2(13(35)23(45)19(10)41)4-8(32(6,55)56)17(39)27(49)25(47)15(4)37. The van der Waals surface area contributed by atoms with Crippen LogP contribution in [0.4, 0.5) is 101 Å². The highest BCUT2D eigenvalue weighted by Gasteiger charge is 2.60. The molecule has 5 aromatic carbocycles. The van der Waals surface area contributed by atoms with Gasteiger partial charge in [0.15, 0.2) is 111 Å². The van der Waals surface area contributed by atoms with Crippen molar-refractivity contribution in [3.8, 4) is 22.3 Å². The molecule has 0 fully saturated rings. The molecule has 0 bridgehead atoms. The topological polar surface area (TPSA) is 0 Å². The molecule has 0 saturated carbocycles. The number of hydrogen-bond acceptors (Lipinski definition) is 0. The quantitative estimate of drug-likeness (QED) is 0.0738. The van der Waals surface area contributed by atoms with Crippen LogP contribution in [0.2, 0.25) is 0 Å². The third-order valence-corrected chi connectivity index (χ3v) is 9.12. The lowest BCUT2D eigenvalue weighted by molar-refractivity contribution is 0.0433. The monoisotopic (exact) mass is 832 g/mol. The van der Waals surface area contributed by atoms with Crippen LogP contribution in [0.15, 0.2) is 0 Å². The van der Waals surface area contributed by atoms with Gasteiger partial charge >= 0.3 is 11.8 Å². The van der Waals surface area contributed by atoms with Gasteiger partial charge in [-0.2, -0.15) is 17.6 Å². The molecule has 0 aliphatic heterocycles. The first-order valence-electron chi connectivity index (χ1n) is 14.2. The van der Waals surface area contributed by atoms with Gasteiger partial charge in [0.05, 0.1) is 11.1 Å². The molecule has 0 aromatic heterocycles. The van der Waals surface area contributed by atoms with Crippen molar-refractivity contribution in [2.45, 2.75) is 11.8 Å². The molecule has 7 rings (SSSR count). The van der Waals surface area contributed by atoms with Crippen molar-refractivity contribution in [3.63, 3.8) is 0 Å². The molecule has 292 valence electrons. The van der Waals surface area contributed by atoms with Crippen LogP contribution in [0.5, 0.6) is 0 Å². The summed E-state index contributed by atoms with van der Waals surface area (Å²) in [6, 6.07) is 0. The summed E-state index contributed by atoms with van der Waals surface area (Å²) in [5.74, 6) is -75.0. The van der Waals surface area contributed by atoms with E-state index < -0.39 is 190 Å². The molecule has 24 heteroatoms. The number of alkyl halides is 4. The average molecular weight is 832 g/mol. The van der Waals surface area contributed by atoms with Gasteiger partial charge in [0.1, 0.15) is 0 Å². The van der Waals surface area contributed by atoms with Crippen LogP contribution in [-0.4, -0.2) is 6.71 Å². The van der Waals surface area contributed by atoms with E-state index in [1.54, 1.807) is 0 Å². The Labute approximate surface area is 291 Å². The van der Waals surface area contributed by atoms with Crippen molar-refractivity contribution in [1.29, 1.82) is 0 Å². The van der Waals surface area contributed by atoms with Crippen LogP contribution in [0, 0.1) is 111 Å². The Bertz CT molecular complexity index is 2520. The van der Waals surface area contributed by atoms with Crippen molar-refractivity contribution in [3.05, 3.63) is 133 Å². The smallest absolute Gasteiger partial charge is 0.204 e. The highest BCUT2D eigenvalue weighted by Crippen LogP contribution is 2.57. The third kappa shape index (κ3) is 4.37. The summed E-state index contributed by atoms with van der Waals surface area (Å²) in [5, 5.41) is 0. The number of rotatable bonds is 3. The fraction of sp³-hybridized carbons (Fsp3) is 0.0625. The Morgan fingerprint density at radius 1 is 0.214 bits per heavy atom. The summed E-state index contributed by atoms with van der Waals surface area (Å²) in [6.07, 6.45) is 0. The van der Waals surface area contributed by atoms with Gasteiger partial charge in [-0.3, -0.25) is 0 Å². The summed E-state index contributed by atoms with van der Waals surface area (Å²) >= 11 is 0. The minimum Gasteiger partial charge on any atom is -0.204 e. The lowest BCUT2D eigenvalue weighted by Crippen LogP contribution is -2.61. The Hall–Kier alpha value is -5.45. The molecule has 0 nitrogen and oxygen atoms in total. The predicted octanol–water partition coefficient (Wildman–Crippen LogP) is 9.09. The molecule has 0 amide bonds. The van der Waals surface area contributed by atoms with Gasteiger partial charge in [-0.15, -0.1) is 0 Å². The first-order valence-corrected chi connectivity index (χ1v) is 14.2. The van der Waals surface area contributed by atoms with Gasteiger partial charge in [0.2, 0.25) is 0 Å². The lowest BCUT2D eigenvalue weighted by atomic mass is 9.34. The fourth-order valence-electron chi connectivity index (χ4n) is 6.90. The van der Waals surface area contributed by atoms with Crippen molar-refractivity contribution < 1.29 is 101 Å². The van der Waals surface area contributed by atoms with E-state index in [0.29, 0.717) is 0 Å². The summed E-state index contributed by atoms with van der Waals surface area (Å²) in [4.78, 5) is 0. The van der Waals surface area contributed by atoms with E-state index in [-0.39, 0.29) is 0 Å². The molecule has 0 atom stereocenters. The SMILES string of the molecule is Fc1c(F)c(F)c(B(c2c(F)c(F)c(F)c3c2C(F)(F)c2c(F)c(F)c(F)c(F)c2-3)c2c(F)c(F)c(F)c3c2C(F)(F)c2c(F)c(F)c(F)c(F)c2-3)c(F)c1F. The van der Waals surface area contributed by atoms with E-state index in [9.17, 15) is 39.5 Å². The van der Waals surface area contributed by atoms with E-state index in [0.717, 1.165) is 0 Å². The largest absolute Gasteiger partial charge is 0.302 e. The maximum absolute atomic E-state index is 16.2. The molecule has 0 spiro atoms. The zero-order chi connectivity index (χ0) is 41.9. The molecule has 5 aromatic rings. The molecule has 0 N–H and O–H groups in total. The minimum atomic E-state index is -6.05. The highest BCUT2D eigenvalue weighted by molar-refractivity contribution is 6.96. The van der Waals surface area contributed by atoms with Crippen molar-refractivity contribution in [2.75, 3.05) is 0 Å². The van der Waals surface area contributed by atoms with E-state index in [1.165, 1.54) is 0 Å². The van der Waals surface area contributed by atoms with Crippen LogP contribution in [-0.2, 0) is 11.8 Å².